The van der Waals surface area contributed by atoms with E-state index in [1.54, 1.807) is 14.2 Å². The lowest BCUT2D eigenvalue weighted by atomic mass is 10.0. The first-order valence-corrected chi connectivity index (χ1v) is 6.82. The summed E-state index contributed by atoms with van der Waals surface area (Å²) in [5, 5.41) is 3.85. The molecule has 1 aliphatic heterocycles. The van der Waals surface area contributed by atoms with Crippen LogP contribution in [0.4, 0.5) is 0 Å². The van der Waals surface area contributed by atoms with Crippen molar-refractivity contribution in [1.82, 2.24) is 10.2 Å². The number of nitrogens with zero attached hydrogens (tertiary/aromatic N) is 1. The van der Waals surface area contributed by atoms with Crippen LogP contribution in [0.2, 0.25) is 0 Å². The Kier molecular flexibility index (Phi) is 4.47. The summed E-state index contributed by atoms with van der Waals surface area (Å²) in [6.07, 6.45) is 2.23. The zero-order valence-corrected chi connectivity index (χ0v) is 12.4. The highest BCUT2D eigenvalue weighted by molar-refractivity contribution is 7.80. The largest absolute Gasteiger partial charge is 0.497 e. The third kappa shape index (κ3) is 2.76. The van der Waals surface area contributed by atoms with Crippen LogP contribution in [0.1, 0.15) is 24.4 Å². The van der Waals surface area contributed by atoms with E-state index in [0.717, 1.165) is 36.0 Å². The fourth-order valence-corrected chi connectivity index (χ4v) is 2.79. The topological polar surface area (TPSA) is 33.7 Å². The Morgan fingerprint density at radius 1 is 1.37 bits per heavy atom. The van der Waals surface area contributed by atoms with E-state index in [1.807, 2.05) is 19.2 Å². The van der Waals surface area contributed by atoms with Crippen molar-refractivity contribution in [3.63, 3.8) is 0 Å². The van der Waals surface area contributed by atoms with Gasteiger partial charge < -0.3 is 19.7 Å². The summed E-state index contributed by atoms with van der Waals surface area (Å²) in [5.41, 5.74) is 1.17. The van der Waals surface area contributed by atoms with E-state index in [4.69, 9.17) is 21.7 Å². The fraction of sp³-hybridized carbons (Fsp3) is 0.500. The second-order valence-corrected chi connectivity index (χ2v) is 4.90. The number of nitrogens with one attached hydrogen (secondary N) is 1. The number of ether oxygens (including phenoxy) is 2. The Morgan fingerprint density at radius 3 is 2.79 bits per heavy atom. The van der Waals surface area contributed by atoms with Gasteiger partial charge in [-0.05, 0) is 37.2 Å². The van der Waals surface area contributed by atoms with Crippen molar-refractivity contribution < 1.29 is 9.47 Å². The number of thiocarbonyl (C=S) groups is 1. The molecule has 5 heteroatoms. The van der Waals surface area contributed by atoms with Gasteiger partial charge in [-0.25, -0.2) is 0 Å². The molecule has 0 saturated carbocycles. The molecule has 1 heterocycles. The van der Waals surface area contributed by atoms with Gasteiger partial charge >= 0.3 is 0 Å². The van der Waals surface area contributed by atoms with Crippen LogP contribution in [-0.2, 0) is 0 Å². The number of rotatable bonds is 3. The van der Waals surface area contributed by atoms with E-state index < -0.39 is 0 Å². The highest BCUT2D eigenvalue weighted by atomic mass is 32.1. The minimum atomic E-state index is 0.279. The minimum Gasteiger partial charge on any atom is -0.497 e. The maximum absolute atomic E-state index is 5.49. The van der Waals surface area contributed by atoms with Crippen molar-refractivity contribution in [2.24, 2.45) is 0 Å². The first-order valence-electron chi connectivity index (χ1n) is 6.41. The molecule has 1 N–H and O–H groups in total. The van der Waals surface area contributed by atoms with Gasteiger partial charge in [0.05, 0.1) is 20.3 Å². The minimum absolute atomic E-state index is 0.279. The molecule has 0 spiro atoms. The molecule has 4 nitrogen and oxygen atoms in total. The van der Waals surface area contributed by atoms with Gasteiger partial charge in [-0.1, -0.05) is 0 Å². The molecule has 104 valence electrons. The van der Waals surface area contributed by atoms with Crippen LogP contribution in [0.5, 0.6) is 11.5 Å². The van der Waals surface area contributed by atoms with Gasteiger partial charge in [-0.2, -0.15) is 0 Å². The van der Waals surface area contributed by atoms with Crippen LogP contribution in [0.3, 0.4) is 0 Å². The summed E-state index contributed by atoms with van der Waals surface area (Å²) < 4.78 is 10.7. The van der Waals surface area contributed by atoms with E-state index in [2.05, 4.69) is 16.3 Å². The Balaban J connectivity index is 2.32. The summed E-state index contributed by atoms with van der Waals surface area (Å²) in [6, 6.07) is 6.24. The van der Waals surface area contributed by atoms with Gasteiger partial charge in [-0.15, -0.1) is 0 Å². The van der Waals surface area contributed by atoms with Gasteiger partial charge in [0, 0.05) is 25.2 Å². The van der Waals surface area contributed by atoms with Crippen molar-refractivity contribution >= 4 is 17.3 Å². The number of hydrogen-bond donors (Lipinski definition) is 1. The van der Waals surface area contributed by atoms with Crippen LogP contribution in [0.25, 0.3) is 0 Å². The summed E-state index contributed by atoms with van der Waals surface area (Å²) in [7, 11) is 5.21. The molecule has 0 unspecified atom stereocenters. The van der Waals surface area contributed by atoms with Crippen LogP contribution in [0, 0.1) is 0 Å². The van der Waals surface area contributed by atoms with Gasteiger partial charge in [0.15, 0.2) is 5.11 Å². The molecule has 1 saturated heterocycles. The molecule has 1 aliphatic rings. The fourth-order valence-electron chi connectivity index (χ4n) is 2.57. The van der Waals surface area contributed by atoms with Gasteiger partial charge in [0.2, 0.25) is 0 Å². The van der Waals surface area contributed by atoms with Gasteiger partial charge in [-0.3, -0.25) is 0 Å². The maximum Gasteiger partial charge on any atom is 0.169 e. The second-order valence-electron chi connectivity index (χ2n) is 4.51. The van der Waals surface area contributed by atoms with E-state index in [-0.39, 0.29) is 6.04 Å². The Hall–Kier alpha value is -1.49. The molecule has 0 aliphatic carbocycles. The van der Waals surface area contributed by atoms with Crippen LogP contribution in [0.15, 0.2) is 18.2 Å². The highest BCUT2D eigenvalue weighted by Gasteiger charge is 2.29. The van der Waals surface area contributed by atoms with Crippen molar-refractivity contribution in [1.29, 1.82) is 0 Å². The highest BCUT2D eigenvalue weighted by Crippen LogP contribution is 2.38. The Morgan fingerprint density at radius 2 is 2.16 bits per heavy atom. The predicted molar refractivity (Wildman–Crippen MR) is 79.9 cm³/mol. The summed E-state index contributed by atoms with van der Waals surface area (Å²) in [6.45, 7) is 0.986. The molecule has 0 radical (unpaired) electrons. The Labute approximate surface area is 119 Å². The molecule has 0 bridgehead atoms. The van der Waals surface area contributed by atoms with Crippen LogP contribution >= 0.6 is 12.2 Å². The first kappa shape index (κ1) is 13.9. The molecule has 0 amide bonds. The third-order valence-electron chi connectivity index (χ3n) is 3.53. The molecule has 1 atom stereocenters. The number of methoxy groups -OCH3 is 2. The lowest BCUT2D eigenvalue weighted by Crippen LogP contribution is -2.37. The number of likely N-dealkylation sites (tertiary alicyclic amines) is 1. The molecule has 0 aromatic heterocycles. The van der Waals surface area contributed by atoms with E-state index >= 15 is 0 Å². The normalized spacial score (nSPS) is 18.3. The Bertz CT molecular complexity index is 465. The molecular formula is C14H20N2O2S. The van der Waals surface area contributed by atoms with Crippen molar-refractivity contribution in [2.75, 3.05) is 27.8 Å². The lowest BCUT2D eigenvalue weighted by Gasteiger charge is -2.28. The second kappa shape index (κ2) is 6.10. The summed E-state index contributed by atoms with van der Waals surface area (Å²) >= 11 is 5.37. The van der Waals surface area contributed by atoms with Crippen molar-refractivity contribution in [2.45, 2.75) is 18.9 Å². The molecule has 1 aromatic carbocycles. The van der Waals surface area contributed by atoms with E-state index in [1.165, 1.54) is 5.56 Å². The van der Waals surface area contributed by atoms with Crippen molar-refractivity contribution in [3.05, 3.63) is 23.8 Å². The number of benzene rings is 1. The van der Waals surface area contributed by atoms with Gasteiger partial charge in [0.25, 0.3) is 0 Å². The molecule has 2 rings (SSSR count). The molecular weight excluding hydrogens is 260 g/mol. The first-order chi connectivity index (χ1) is 9.21. The lowest BCUT2D eigenvalue weighted by molar-refractivity contribution is 0.358. The number of hydrogen-bond acceptors (Lipinski definition) is 3. The zero-order chi connectivity index (χ0) is 13.8. The zero-order valence-electron chi connectivity index (χ0n) is 11.6. The molecule has 1 aromatic rings. The average Bonchev–Trinajstić information content (AvgIpc) is 2.94. The monoisotopic (exact) mass is 280 g/mol. The quantitative estimate of drug-likeness (QED) is 0.860. The van der Waals surface area contributed by atoms with Crippen LogP contribution < -0.4 is 14.8 Å². The van der Waals surface area contributed by atoms with Gasteiger partial charge in [0.1, 0.15) is 11.5 Å². The average molecular weight is 280 g/mol. The summed E-state index contributed by atoms with van der Waals surface area (Å²) in [5.74, 6) is 1.66. The van der Waals surface area contributed by atoms with E-state index in [0.29, 0.717) is 0 Å². The SMILES string of the molecule is CNC(=S)N1CCC[C@@H]1c1ccc(OC)cc1OC. The third-order valence-corrected chi connectivity index (χ3v) is 3.97. The standard InChI is InChI=1S/C14H20N2O2S/c1-15-14(19)16-8-4-5-12(16)11-7-6-10(17-2)9-13(11)18-3/h6-7,9,12H,4-5,8H2,1-3H3,(H,15,19)/t12-/m1/s1. The molecule has 19 heavy (non-hydrogen) atoms. The smallest absolute Gasteiger partial charge is 0.169 e. The van der Waals surface area contributed by atoms with Crippen molar-refractivity contribution in [3.8, 4) is 11.5 Å². The molecule has 1 fully saturated rings. The maximum atomic E-state index is 5.49. The van der Waals surface area contributed by atoms with Crippen LogP contribution in [-0.4, -0.2) is 37.8 Å². The summed E-state index contributed by atoms with van der Waals surface area (Å²) in [4.78, 5) is 2.22. The van der Waals surface area contributed by atoms with E-state index in [9.17, 15) is 0 Å². The predicted octanol–water partition coefficient (Wildman–Crippen LogP) is 2.35.